The van der Waals surface area contributed by atoms with E-state index in [-0.39, 0.29) is 11.2 Å². The number of ketones is 1. The van der Waals surface area contributed by atoms with Gasteiger partial charge in [0.05, 0.1) is 0 Å². The van der Waals surface area contributed by atoms with E-state index in [0.717, 1.165) is 16.5 Å². The first-order valence-electron chi connectivity index (χ1n) is 6.90. The third-order valence-electron chi connectivity index (χ3n) is 4.11. The van der Waals surface area contributed by atoms with Crippen LogP contribution in [0, 0.1) is 18.3 Å². The molecule has 0 aliphatic carbocycles. The lowest BCUT2D eigenvalue weighted by atomic mass is 9.78. The normalized spacial score (nSPS) is 13.7. The van der Waals surface area contributed by atoms with E-state index in [1.807, 2.05) is 12.3 Å². The molecule has 2 aromatic rings. The van der Waals surface area contributed by atoms with E-state index in [4.69, 9.17) is 0 Å². The van der Waals surface area contributed by atoms with E-state index < -0.39 is 0 Å². The molecule has 19 heavy (non-hydrogen) atoms. The molecular weight excluding hydrogens is 234 g/mol. The van der Waals surface area contributed by atoms with E-state index in [0.29, 0.717) is 12.3 Å². The first kappa shape index (κ1) is 13.9. The SMILES string of the molecule is Cc1ccc2c(C(=O)CC(C)C(C)(C)C)c[nH]c2c1. The predicted molar refractivity (Wildman–Crippen MR) is 80.6 cm³/mol. The molecule has 102 valence electrons. The summed E-state index contributed by atoms with van der Waals surface area (Å²) in [5.74, 6) is 0.605. The van der Waals surface area contributed by atoms with Crippen LogP contribution in [-0.4, -0.2) is 10.8 Å². The standard InChI is InChI=1S/C17H23NO/c1-11-6-7-13-14(10-18-15(13)8-11)16(19)9-12(2)17(3,4)5/h6-8,10,12,18H,9H2,1-5H3. The van der Waals surface area contributed by atoms with Crippen LogP contribution >= 0.6 is 0 Å². The Balaban J connectivity index is 2.27. The molecule has 1 heterocycles. The average molecular weight is 257 g/mol. The Hall–Kier alpha value is -1.57. The predicted octanol–water partition coefficient (Wildman–Crippen LogP) is 4.73. The summed E-state index contributed by atoms with van der Waals surface area (Å²) in [6, 6.07) is 6.18. The molecule has 0 amide bonds. The Morgan fingerprint density at radius 1 is 1.32 bits per heavy atom. The average Bonchev–Trinajstić information content (AvgIpc) is 2.70. The summed E-state index contributed by atoms with van der Waals surface area (Å²) in [7, 11) is 0. The van der Waals surface area contributed by atoms with Crippen LogP contribution in [0.3, 0.4) is 0 Å². The van der Waals surface area contributed by atoms with Gasteiger partial charge in [0.25, 0.3) is 0 Å². The van der Waals surface area contributed by atoms with Crippen LogP contribution in [0.2, 0.25) is 0 Å². The van der Waals surface area contributed by atoms with E-state index in [1.165, 1.54) is 5.56 Å². The van der Waals surface area contributed by atoms with Crippen molar-refractivity contribution in [3.63, 3.8) is 0 Å². The van der Waals surface area contributed by atoms with Crippen molar-refractivity contribution in [2.24, 2.45) is 11.3 Å². The topological polar surface area (TPSA) is 32.9 Å². The molecular formula is C17H23NO. The lowest BCUT2D eigenvalue weighted by Crippen LogP contribution is -2.20. The molecule has 2 nitrogen and oxygen atoms in total. The molecule has 0 saturated heterocycles. The number of aryl methyl sites for hydroxylation is 1. The van der Waals surface area contributed by atoms with Gasteiger partial charge in [-0.15, -0.1) is 0 Å². The number of rotatable bonds is 3. The number of carbonyl (C=O) groups excluding carboxylic acids is 1. The lowest BCUT2D eigenvalue weighted by Gasteiger charge is -2.26. The van der Waals surface area contributed by atoms with Crippen LogP contribution in [0.1, 0.15) is 50.0 Å². The molecule has 0 bridgehead atoms. The molecule has 0 spiro atoms. The van der Waals surface area contributed by atoms with Crippen LogP contribution in [0.15, 0.2) is 24.4 Å². The maximum absolute atomic E-state index is 12.4. The highest BCUT2D eigenvalue weighted by Gasteiger charge is 2.24. The van der Waals surface area contributed by atoms with Gasteiger partial charge in [-0.2, -0.15) is 0 Å². The molecule has 0 radical (unpaired) electrons. The molecule has 1 N–H and O–H groups in total. The van der Waals surface area contributed by atoms with Crippen LogP contribution in [0.25, 0.3) is 10.9 Å². The summed E-state index contributed by atoms with van der Waals surface area (Å²) in [4.78, 5) is 15.6. The second-order valence-electron chi connectivity index (χ2n) is 6.65. The van der Waals surface area contributed by atoms with Gasteiger partial charge >= 0.3 is 0 Å². The number of benzene rings is 1. The van der Waals surface area contributed by atoms with Crippen molar-refractivity contribution in [1.29, 1.82) is 0 Å². The first-order valence-corrected chi connectivity index (χ1v) is 6.90. The minimum atomic E-state index is 0.165. The number of carbonyl (C=O) groups is 1. The van der Waals surface area contributed by atoms with Gasteiger partial charge in [-0.3, -0.25) is 4.79 Å². The van der Waals surface area contributed by atoms with Crippen molar-refractivity contribution in [1.82, 2.24) is 4.98 Å². The fraction of sp³-hybridized carbons (Fsp3) is 0.471. The molecule has 1 aromatic carbocycles. The minimum Gasteiger partial charge on any atom is -0.360 e. The van der Waals surface area contributed by atoms with Crippen LogP contribution in [0.5, 0.6) is 0 Å². The largest absolute Gasteiger partial charge is 0.360 e. The summed E-state index contributed by atoms with van der Waals surface area (Å²) >= 11 is 0. The number of nitrogens with one attached hydrogen (secondary N) is 1. The maximum Gasteiger partial charge on any atom is 0.165 e. The van der Waals surface area contributed by atoms with Crippen molar-refractivity contribution in [3.05, 3.63) is 35.5 Å². The molecule has 1 unspecified atom stereocenters. The van der Waals surface area contributed by atoms with Gasteiger partial charge < -0.3 is 4.98 Å². The molecule has 1 atom stereocenters. The van der Waals surface area contributed by atoms with Crippen LogP contribution < -0.4 is 0 Å². The third kappa shape index (κ3) is 2.89. The Bertz CT molecular complexity index is 601. The zero-order chi connectivity index (χ0) is 14.2. The van der Waals surface area contributed by atoms with Gasteiger partial charge in [-0.25, -0.2) is 0 Å². The van der Waals surface area contributed by atoms with Crippen molar-refractivity contribution in [2.75, 3.05) is 0 Å². The Morgan fingerprint density at radius 3 is 2.63 bits per heavy atom. The minimum absolute atomic E-state index is 0.165. The zero-order valence-corrected chi connectivity index (χ0v) is 12.5. The van der Waals surface area contributed by atoms with Crippen molar-refractivity contribution in [3.8, 4) is 0 Å². The molecule has 0 saturated carbocycles. The lowest BCUT2D eigenvalue weighted by molar-refractivity contribution is 0.0929. The highest BCUT2D eigenvalue weighted by atomic mass is 16.1. The van der Waals surface area contributed by atoms with Gasteiger partial charge in [0.1, 0.15) is 0 Å². The number of H-pyrrole nitrogens is 1. The molecule has 1 aromatic heterocycles. The quantitative estimate of drug-likeness (QED) is 0.792. The highest BCUT2D eigenvalue weighted by molar-refractivity contribution is 6.08. The summed E-state index contributed by atoms with van der Waals surface area (Å²) in [5, 5.41) is 1.04. The van der Waals surface area contributed by atoms with Gasteiger partial charge in [-0.1, -0.05) is 39.8 Å². The summed E-state index contributed by atoms with van der Waals surface area (Å²) in [6.07, 6.45) is 2.45. The maximum atomic E-state index is 12.4. The summed E-state index contributed by atoms with van der Waals surface area (Å²) in [6.45, 7) is 10.8. The van der Waals surface area contributed by atoms with Gasteiger partial charge in [0, 0.05) is 29.1 Å². The van der Waals surface area contributed by atoms with Crippen LogP contribution in [0.4, 0.5) is 0 Å². The summed E-state index contributed by atoms with van der Waals surface area (Å²) in [5.41, 5.74) is 3.24. The second-order valence-corrected chi connectivity index (χ2v) is 6.65. The van der Waals surface area contributed by atoms with E-state index in [2.05, 4.69) is 51.7 Å². The molecule has 0 fully saturated rings. The second kappa shape index (κ2) is 4.84. The molecule has 2 rings (SSSR count). The summed E-state index contributed by atoms with van der Waals surface area (Å²) < 4.78 is 0. The van der Waals surface area contributed by atoms with Gasteiger partial charge in [0.15, 0.2) is 5.78 Å². The Labute approximate surface area is 115 Å². The highest BCUT2D eigenvalue weighted by Crippen LogP contribution is 2.30. The molecule has 0 aliphatic rings. The Kier molecular flexibility index (Phi) is 3.53. The smallest absolute Gasteiger partial charge is 0.165 e. The third-order valence-corrected chi connectivity index (χ3v) is 4.11. The number of fused-ring (bicyclic) bond motifs is 1. The zero-order valence-electron chi connectivity index (χ0n) is 12.5. The van der Waals surface area contributed by atoms with Crippen molar-refractivity contribution in [2.45, 2.75) is 41.0 Å². The first-order chi connectivity index (χ1) is 8.79. The fourth-order valence-corrected chi connectivity index (χ4v) is 2.16. The number of hydrogen-bond donors (Lipinski definition) is 1. The number of hydrogen-bond acceptors (Lipinski definition) is 1. The van der Waals surface area contributed by atoms with E-state index in [1.54, 1.807) is 0 Å². The van der Waals surface area contributed by atoms with Crippen molar-refractivity contribution >= 4 is 16.7 Å². The number of Topliss-reactive ketones (excluding diaryl/α,β-unsaturated/α-hetero) is 1. The molecule has 0 aliphatic heterocycles. The van der Waals surface area contributed by atoms with Gasteiger partial charge in [-0.05, 0) is 29.9 Å². The molecule has 2 heteroatoms. The van der Waals surface area contributed by atoms with E-state index in [9.17, 15) is 4.79 Å². The van der Waals surface area contributed by atoms with Crippen LogP contribution in [-0.2, 0) is 0 Å². The van der Waals surface area contributed by atoms with E-state index >= 15 is 0 Å². The Morgan fingerprint density at radius 2 is 2.00 bits per heavy atom. The number of aromatic amines is 1. The van der Waals surface area contributed by atoms with Gasteiger partial charge in [0.2, 0.25) is 0 Å². The number of aromatic nitrogens is 1. The fourth-order valence-electron chi connectivity index (χ4n) is 2.16. The van der Waals surface area contributed by atoms with Crippen molar-refractivity contribution < 1.29 is 4.79 Å². The monoisotopic (exact) mass is 257 g/mol.